The van der Waals surface area contributed by atoms with Gasteiger partial charge in [-0.2, -0.15) is 0 Å². The standard InChI is InChI=1S/C16H20N2O6/c19-15(8-18-3-5-22-6-4-18)17-13-7-11(16(20)21)1-2-14(13)24-12-9-23-10-12/h1-2,7,12H,3-6,8-10H2,(H,17,19)(H,20,21). The smallest absolute Gasteiger partial charge is 0.335 e. The Kier molecular flexibility index (Phi) is 5.29. The zero-order chi connectivity index (χ0) is 16.9. The van der Waals surface area contributed by atoms with Gasteiger partial charge in [0.2, 0.25) is 5.91 Å². The van der Waals surface area contributed by atoms with E-state index in [0.29, 0.717) is 51.0 Å². The molecule has 24 heavy (non-hydrogen) atoms. The van der Waals surface area contributed by atoms with Crippen LogP contribution in [0.5, 0.6) is 5.75 Å². The van der Waals surface area contributed by atoms with Crippen LogP contribution in [0.1, 0.15) is 10.4 Å². The summed E-state index contributed by atoms with van der Waals surface area (Å²) in [6.45, 7) is 3.82. The summed E-state index contributed by atoms with van der Waals surface area (Å²) >= 11 is 0. The van der Waals surface area contributed by atoms with Gasteiger partial charge in [0.25, 0.3) is 0 Å². The summed E-state index contributed by atoms with van der Waals surface area (Å²) in [5.74, 6) is -0.824. The van der Waals surface area contributed by atoms with Gasteiger partial charge in [0.05, 0.1) is 44.2 Å². The molecule has 2 heterocycles. The monoisotopic (exact) mass is 336 g/mol. The van der Waals surface area contributed by atoms with E-state index in [-0.39, 0.29) is 24.1 Å². The lowest BCUT2D eigenvalue weighted by Crippen LogP contribution is -2.41. The lowest BCUT2D eigenvalue weighted by Gasteiger charge is -2.28. The van der Waals surface area contributed by atoms with Gasteiger partial charge in [-0.1, -0.05) is 0 Å². The van der Waals surface area contributed by atoms with Gasteiger partial charge < -0.3 is 24.6 Å². The highest BCUT2D eigenvalue weighted by Crippen LogP contribution is 2.28. The first-order valence-corrected chi connectivity index (χ1v) is 7.83. The number of amides is 1. The van der Waals surface area contributed by atoms with E-state index >= 15 is 0 Å². The molecule has 0 aliphatic carbocycles. The van der Waals surface area contributed by atoms with E-state index in [4.69, 9.17) is 19.3 Å². The van der Waals surface area contributed by atoms with Crippen molar-refractivity contribution in [2.75, 3.05) is 51.4 Å². The molecule has 1 aromatic rings. The molecule has 1 amide bonds. The molecule has 0 aromatic heterocycles. The highest BCUT2D eigenvalue weighted by atomic mass is 16.6. The van der Waals surface area contributed by atoms with Crippen molar-refractivity contribution in [3.63, 3.8) is 0 Å². The molecule has 0 atom stereocenters. The zero-order valence-corrected chi connectivity index (χ0v) is 13.2. The van der Waals surface area contributed by atoms with E-state index in [9.17, 15) is 9.59 Å². The van der Waals surface area contributed by atoms with Crippen LogP contribution in [0.4, 0.5) is 5.69 Å². The molecule has 2 fully saturated rings. The topological polar surface area (TPSA) is 97.3 Å². The molecule has 0 unspecified atom stereocenters. The van der Waals surface area contributed by atoms with E-state index in [2.05, 4.69) is 5.32 Å². The Labute approximate surface area is 139 Å². The van der Waals surface area contributed by atoms with Crippen molar-refractivity contribution < 1.29 is 28.9 Å². The number of carbonyl (C=O) groups excluding carboxylic acids is 1. The summed E-state index contributed by atoms with van der Waals surface area (Å²) < 4.78 is 16.1. The molecular weight excluding hydrogens is 316 g/mol. The van der Waals surface area contributed by atoms with Gasteiger partial charge in [-0.3, -0.25) is 9.69 Å². The van der Waals surface area contributed by atoms with Crippen molar-refractivity contribution in [1.29, 1.82) is 0 Å². The molecule has 8 nitrogen and oxygen atoms in total. The number of anilines is 1. The van der Waals surface area contributed by atoms with Crippen molar-refractivity contribution in [2.45, 2.75) is 6.10 Å². The normalized spacial score (nSPS) is 18.7. The van der Waals surface area contributed by atoms with Crippen molar-refractivity contribution in [2.24, 2.45) is 0 Å². The summed E-state index contributed by atoms with van der Waals surface area (Å²) in [6.07, 6.45) is -0.0735. The molecule has 2 aliphatic rings. The van der Waals surface area contributed by atoms with Crippen molar-refractivity contribution in [1.82, 2.24) is 4.90 Å². The molecule has 0 bridgehead atoms. The summed E-state index contributed by atoms with van der Waals surface area (Å²) in [5, 5.41) is 11.9. The number of hydrogen-bond acceptors (Lipinski definition) is 6. The number of morpholine rings is 1. The highest BCUT2D eigenvalue weighted by Gasteiger charge is 2.23. The first-order valence-electron chi connectivity index (χ1n) is 7.83. The Bertz CT molecular complexity index is 611. The van der Waals surface area contributed by atoms with Gasteiger partial charge in [0.15, 0.2) is 0 Å². The van der Waals surface area contributed by atoms with Gasteiger partial charge in [-0.25, -0.2) is 4.79 Å². The predicted octanol–water partition coefficient (Wildman–Crippen LogP) is 0.433. The number of rotatable bonds is 6. The lowest BCUT2D eigenvalue weighted by molar-refractivity contribution is -0.118. The van der Waals surface area contributed by atoms with E-state index in [1.807, 2.05) is 4.90 Å². The number of benzene rings is 1. The third-order valence-corrected chi connectivity index (χ3v) is 3.87. The maximum Gasteiger partial charge on any atom is 0.335 e. The van der Waals surface area contributed by atoms with Crippen molar-refractivity contribution >= 4 is 17.6 Å². The van der Waals surface area contributed by atoms with Gasteiger partial charge in [-0.05, 0) is 18.2 Å². The number of nitrogens with zero attached hydrogens (tertiary/aromatic N) is 1. The molecule has 0 spiro atoms. The third kappa shape index (κ3) is 4.22. The Morgan fingerprint density at radius 2 is 2.00 bits per heavy atom. The van der Waals surface area contributed by atoms with E-state index in [1.165, 1.54) is 12.1 Å². The quantitative estimate of drug-likeness (QED) is 0.777. The number of ether oxygens (including phenoxy) is 3. The number of hydrogen-bond donors (Lipinski definition) is 2. The number of aromatic carboxylic acids is 1. The fourth-order valence-electron chi connectivity index (χ4n) is 2.48. The lowest BCUT2D eigenvalue weighted by atomic mass is 10.1. The van der Waals surface area contributed by atoms with E-state index in [0.717, 1.165) is 0 Å². The molecule has 0 radical (unpaired) electrons. The van der Waals surface area contributed by atoms with E-state index in [1.54, 1.807) is 6.07 Å². The average molecular weight is 336 g/mol. The average Bonchev–Trinajstić information content (AvgIpc) is 2.52. The minimum atomic E-state index is -1.06. The van der Waals surface area contributed by atoms with Gasteiger partial charge in [0, 0.05) is 13.1 Å². The summed E-state index contributed by atoms with van der Waals surface area (Å²) in [4.78, 5) is 25.4. The number of carbonyl (C=O) groups is 2. The van der Waals surface area contributed by atoms with Gasteiger partial charge in [0.1, 0.15) is 11.9 Å². The fourth-order valence-corrected chi connectivity index (χ4v) is 2.48. The molecule has 2 aliphatic heterocycles. The molecule has 2 saturated heterocycles. The Hall–Kier alpha value is -2.16. The molecule has 130 valence electrons. The Balaban J connectivity index is 1.69. The SMILES string of the molecule is O=C(CN1CCOCC1)Nc1cc(C(=O)O)ccc1OC1COC1. The van der Waals surface area contributed by atoms with Crippen LogP contribution in [-0.2, 0) is 14.3 Å². The van der Waals surface area contributed by atoms with Crippen LogP contribution in [0.25, 0.3) is 0 Å². The largest absolute Gasteiger partial charge is 0.483 e. The number of nitrogens with one attached hydrogen (secondary N) is 1. The first kappa shape index (κ1) is 16.7. The predicted molar refractivity (Wildman–Crippen MR) is 84.5 cm³/mol. The van der Waals surface area contributed by atoms with Crippen LogP contribution in [-0.4, -0.2) is 74.0 Å². The third-order valence-electron chi connectivity index (χ3n) is 3.87. The summed E-state index contributed by atoms with van der Waals surface area (Å²) in [7, 11) is 0. The maximum absolute atomic E-state index is 12.3. The molecular formula is C16H20N2O6. The fraction of sp³-hybridized carbons (Fsp3) is 0.500. The van der Waals surface area contributed by atoms with Crippen LogP contribution in [0, 0.1) is 0 Å². The van der Waals surface area contributed by atoms with Gasteiger partial charge >= 0.3 is 5.97 Å². The first-order chi connectivity index (χ1) is 11.6. The summed E-state index contributed by atoms with van der Waals surface area (Å²) in [5.41, 5.74) is 0.453. The zero-order valence-electron chi connectivity index (χ0n) is 13.2. The van der Waals surface area contributed by atoms with Crippen molar-refractivity contribution in [3.8, 4) is 5.75 Å². The molecule has 8 heteroatoms. The second kappa shape index (κ2) is 7.61. The van der Waals surface area contributed by atoms with E-state index < -0.39 is 5.97 Å². The maximum atomic E-state index is 12.3. The number of carboxylic acids is 1. The van der Waals surface area contributed by atoms with Crippen LogP contribution in [0.2, 0.25) is 0 Å². The van der Waals surface area contributed by atoms with Crippen LogP contribution < -0.4 is 10.1 Å². The highest BCUT2D eigenvalue weighted by molar-refractivity contribution is 5.96. The Morgan fingerprint density at radius 3 is 2.62 bits per heavy atom. The number of carboxylic acid groups (broad SMARTS) is 1. The minimum Gasteiger partial charge on any atom is -0.483 e. The molecule has 3 rings (SSSR count). The summed E-state index contributed by atoms with van der Waals surface area (Å²) in [6, 6.07) is 4.43. The van der Waals surface area contributed by atoms with Gasteiger partial charge in [-0.15, -0.1) is 0 Å². The molecule has 0 saturated carbocycles. The second-order valence-electron chi connectivity index (χ2n) is 5.73. The molecule has 1 aromatic carbocycles. The minimum absolute atomic E-state index is 0.0735. The molecule has 2 N–H and O–H groups in total. The Morgan fingerprint density at radius 1 is 1.25 bits per heavy atom. The second-order valence-corrected chi connectivity index (χ2v) is 5.73. The van der Waals surface area contributed by atoms with Crippen LogP contribution in [0.3, 0.4) is 0 Å². The van der Waals surface area contributed by atoms with Crippen molar-refractivity contribution in [3.05, 3.63) is 23.8 Å². The van der Waals surface area contributed by atoms with Crippen LogP contribution >= 0.6 is 0 Å². The van der Waals surface area contributed by atoms with Crippen LogP contribution in [0.15, 0.2) is 18.2 Å².